The van der Waals surface area contributed by atoms with Crippen LogP contribution in [0.5, 0.6) is 0 Å². The summed E-state index contributed by atoms with van der Waals surface area (Å²) in [5.41, 5.74) is 3.91. The predicted octanol–water partition coefficient (Wildman–Crippen LogP) is 5.44. The number of alkyl halides is 1. The molecule has 0 aliphatic carbocycles. The van der Waals surface area contributed by atoms with E-state index in [1.54, 1.807) is 11.3 Å². The monoisotopic (exact) mass is 380 g/mol. The van der Waals surface area contributed by atoms with Crippen molar-refractivity contribution in [1.29, 1.82) is 0 Å². The molecule has 17 heavy (non-hydrogen) atoms. The topological polar surface area (TPSA) is 0 Å². The Morgan fingerprint density at radius 1 is 1.24 bits per heavy atom. The maximum atomic E-state index is 13.2. The molecule has 0 amide bonds. The van der Waals surface area contributed by atoms with Gasteiger partial charge in [0, 0.05) is 0 Å². The lowest BCUT2D eigenvalue weighted by Gasteiger charge is -2.15. The molecule has 0 aliphatic heterocycles. The van der Waals surface area contributed by atoms with Gasteiger partial charge in [0.2, 0.25) is 0 Å². The highest BCUT2D eigenvalue weighted by molar-refractivity contribution is 14.1. The molecule has 0 radical (unpaired) electrons. The maximum Gasteiger partial charge on any atom is 0.123 e. The Morgan fingerprint density at radius 2 is 1.82 bits per heavy atom. The number of hydrogen-bond acceptors (Lipinski definition) is 1. The lowest BCUT2D eigenvalue weighted by atomic mass is 9.97. The first-order chi connectivity index (χ1) is 7.99. The predicted molar refractivity (Wildman–Crippen MR) is 80.6 cm³/mol. The molecule has 2 rings (SSSR count). The van der Waals surface area contributed by atoms with E-state index in [0.717, 1.165) is 22.3 Å². The highest BCUT2D eigenvalue weighted by Crippen LogP contribution is 2.36. The van der Waals surface area contributed by atoms with Crippen LogP contribution in [0.1, 0.15) is 27.6 Å². The minimum absolute atomic E-state index is 0.199. The molecule has 0 nitrogen and oxygen atoms in total. The Bertz CT molecular complexity index is 527. The molecule has 0 saturated heterocycles. The summed E-state index contributed by atoms with van der Waals surface area (Å²) in [7, 11) is 0. The van der Waals surface area contributed by atoms with Crippen LogP contribution in [0.4, 0.5) is 4.39 Å². The molecular weight excluding hydrogens is 370 g/mol. The number of hydrogen-bond donors (Lipinski definition) is 0. The Labute approximate surface area is 123 Å². The summed E-state index contributed by atoms with van der Waals surface area (Å²) < 4.78 is 14.4. The third-order valence-electron chi connectivity index (χ3n) is 2.69. The van der Waals surface area contributed by atoms with Gasteiger partial charge in [-0.05, 0) is 82.3 Å². The highest BCUT2D eigenvalue weighted by Gasteiger charge is 2.17. The van der Waals surface area contributed by atoms with Gasteiger partial charge in [0.25, 0.3) is 0 Å². The van der Waals surface area contributed by atoms with Gasteiger partial charge >= 0.3 is 0 Å². The third kappa shape index (κ3) is 2.83. The Morgan fingerprint density at radius 3 is 2.29 bits per heavy atom. The van der Waals surface area contributed by atoms with E-state index < -0.39 is 0 Å². The summed E-state index contributed by atoms with van der Waals surface area (Å²) in [6.07, 6.45) is 0. The molecular formula is C13H11ClFIS. The van der Waals surface area contributed by atoms with Gasteiger partial charge in [-0.2, -0.15) is 0 Å². The number of thiophene rings is 1. The summed E-state index contributed by atoms with van der Waals surface area (Å²) >= 11 is 10.4. The molecule has 4 heteroatoms. The molecule has 0 N–H and O–H groups in total. The molecule has 1 heterocycles. The molecule has 0 bridgehead atoms. The van der Waals surface area contributed by atoms with Gasteiger partial charge < -0.3 is 0 Å². The van der Waals surface area contributed by atoms with E-state index in [9.17, 15) is 4.39 Å². The zero-order valence-electron chi connectivity index (χ0n) is 9.43. The summed E-state index contributed by atoms with van der Waals surface area (Å²) in [6, 6.07) is 5.15. The second-order valence-corrected chi connectivity index (χ2v) is 7.24. The zero-order valence-corrected chi connectivity index (χ0v) is 13.2. The molecule has 0 fully saturated rings. The van der Waals surface area contributed by atoms with Crippen LogP contribution in [-0.4, -0.2) is 0 Å². The molecule has 0 spiro atoms. The number of aryl methyl sites for hydroxylation is 2. The van der Waals surface area contributed by atoms with E-state index in [-0.39, 0.29) is 11.2 Å². The van der Waals surface area contributed by atoms with Crippen molar-refractivity contribution in [2.75, 3.05) is 0 Å². The van der Waals surface area contributed by atoms with Crippen LogP contribution in [0.3, 0.4) is 0 Å². The summed E-state index contributed by atoms with van der Waals surface area (Å²) in [6.45, 7) is 3.80. The molecule has 1 aromatic heterocycles. The van der Waals surface area contributed by atoms with E-state index in [4.69, 9.17) is 11.6 Å². The van der Waals surface area contributed by atoms with Crippen molar-refractivity contribution >= 4 is 45.5 Å². The van der Waals surface area contributed by atoms with E-state index in [2.05, 4.69) is 34.0 Å². The van der Waals surface area contributed by atoms with Crippen molar-refractivity contribution in [2.45, 2.75) is 19.2 Å². The van der Waals surface area contributed by atoms with Crippen molar-refractivity contribution in [2.24, 2.45) is 0 Å². The Balaban J connectivity index is 2.47. The van der Waals surface area contributed by atoms with E-state index in [0.29, 0.717) is 0 Å². The minimum Gasteiger partial charge on any atom is -0.207 e. The molecule has 1 aromatic carbocycles. The number of halogens is 3. The van der Waals surface area contributed by atoms with Crippen molar-refractivity contribution < 1.29 is 4.39 Å². The molecule has 1 atom stereocenters. The first-order valence-electron chi connectivity index (χ1n) is 5.13. The maximum absolute atomic E-state index is 13.2. The van der Waals surface area contributed by atoms with Gasteiger partial charge in [0.15, 0.2) is 0 Å². The Hall–Kier alpha value is -0.130. The molecule has 0 aliphatic rings. The van der Waals surface area contributed by atoms with E-state index >= 15 is 0 Å². The van der Waals surface area contributed by atoms with Crippen LogP contribution in [-0.2, 0) is 0 Å². The average Bonchev–Trinajstić information content (AvgIpc) is 2.63. The van der Waals surface area contributed by atoms with Crippen LogP contribution < -0.4 is 0 Å². The van der Waals surface area contributed by atoms with Crippen molar-refractivity contribution in [1.82, 2.24) is 0 Å². The van der Waals surface area contributed by atoms with Gasteiger partial charge in [0.1, 0.15) is 5.82 Å². The van der Waals surface area contributed by atoms with Crippen molar-refractivity contribution in [3.63, 3.8) is 0 Å². The molecule has 1 unspecified atom stereocenters. The van der Waals surface area contributed by atoms with Gasteiger partial charge in [0.05, 0.1) is 8.26 Å². The van der Waals surface area contributed by atoms with Crippen LogP contribution in [0, 0.1) is 22.5 Å². The number of benzene rings is 1. The molecule has 0 saturated carbocycles. The van der Waals surface area contributed by atoms with Crippen LogP contribution in [0.15, 0.2) is 23.6 Å². The highest BCUT2D eigenvalue weighted by atomic mass is 127. The first kappa shape index (κ1) is 13.3. The van der Waals surface area contributed by atoms with Gasteiger partial charge in [-0.1, -0.05) is 0 Å². The quantitative estimate of drug-likeness (QED) is 0.481. The molecule has 2 aromatic rings. The minimum atomic E-state index is -0.201. The van der Waals surface area contributed by atoms with E-state index in [1.807, 2.05) is 13.8 Å². The Kier molecular flexibility index (Phi) is 4.10. The van der Waals surface area contributed by atoms with Crippen molar-refractivity contribution in [3.8, 4) is 0 Å². The SMILES string of the molecule is Cc1cc(F)cc(C)c1C(Cl)c1csc(I)c1. The fraction of sp³-hybridized carbons (Fsp3) is 0.231. The second-order valence-electron chi connectivity index (χ2n) is 4.00. The van der Waals surface area contributed by atoms with Crippen LogP contribution in [0.25, 0.3) is 0 Å². The van der Waals surface area contributed by atoms with Gasteiger partial charge in [-0.3, -0.25) is 0 Å². The average molecular weight is 381 g/mol. The summed E-state index contributed by atoms with van der Waals surface area (Å²) in [5.74, 6) is -0.201. The van der Waals surface area contributed by atoms with Gasteiger partial charge in [-0.25, -0.2) is 4.39 Å². The molecule has 90 valence electrons. The van der Waals surface area contributed by atoms with Crippen molar-refractivity contribution in [3.05, 3.63) is 54.5 Å². The summed E-state index contributed by atoms with van der Waals surface area (Å²) in [5, 5.41) is 1.86. The van der Waals surface area contributed by atoms with Crippen LogP contribution >= 0.6 is 45.5 Å². The van der Waals surface area contributed by atoms with Crippen LogP contribution in [0.2, 0.25) is 0 Å². The third-order valence-corrected chi connectivity index (χ3v) is 4.97. The smallest absolute Gasteiger partial charge is 0.123 e. The normalized spacial score (nSPS) is 12.8. The fourth-order valence-corrected chi connectivity index (χ4v) is 3.89. The second kappa shape index (κ2) is 5.24. The van der Waals surface area contributed by atoms with Gasteiger partial charge in [-0.15, -0.1) is 22.9 Å². The van der Waals surface area contributed by atoms with E-state index in [1.165, 1.54) is 15.0 Å². The zero-order chi connectivity index (χ0) is 12.6. The largest absolute Gasteiger partial charge is 0.207 e. The summed E-state index contributed by atoms with van der Waals surface area (Å²) in [4.78, 5) is 0. The fourth-order valence-electron chi connectivity index (χ4n) is 1.94. The lowest BCUT2D eigenvalue weighted by Crippen LogP contribution is -1.99. The number of rotatable bonds is 2. The first-order valence-corrected chi connectivity index (χ1v) is 7.53. The lowest BCUT2D eigenvalue weighted by molar-refractivity contribution is 0.624. The standard InChI is InChI=1S/C13H11ClFIS/c1-7-3-10(15)4-8(2)12(7)13(14)9-5-11(16)17-6-9/h3-6,13H,1-2H3.